The molecule has 0 spiro atoms. The zero-order valence-electron chi connectivity index (χ0n) is 10.3. The highest BCUT2D eigenvalue weighted by molar-refractivity contribution is 5.57. The summed E-state index contributed by atoms with van der Waals surface area (Å²) in [5.41, 5.74) is 0.444. The first kappa shape index (κ1) is 15.0. The molecule has 0 aliphatic rings. The molecule has 17 heavy (non-hydrogen) atoms. The number of phenolic OH excluding ortho intramolecular Hbond substituents is 1. The number of carbonyl (C=O) groups is 1. The van der Waals surface area contributed by atoms with Crippen LogP contribution in [-0.4, -0.2) is 22.0 Å². The maximum absolute atomic E-state index is 9.79. The van der Waals surface area contributed by atoms with Crippen molar-refractivity contribution in [3.8, 4) is 5.75 Å². The Balaban J connectivity index is 0.000000304. The van der Waals surface area contributed by atoms with Crippen LogP contribution in [0, 0.1) is 0 Å². The summed E-state index contributed by atoms with van der Waals surface area (Å²) < 4.78 is 4.35. The second kappa shape index (κ2) is 6.58. The summed E-state index contributed by atoms with van der Waals surface area (Å²) in [6, 6.07) is 6.89. The minimum absolute atomic E-state index is 0.292. The lowest BCUT2D eigenvalue weighted by Crippen LogP contribution is -2.22. The number of benzene rings is 1. The number of rotatable bonds is 1. The first-order valence-electron chi connectivity index (χ1n) is 5.08. The van der Waals surface area contributed by atoms with Gasteiger partial charge >= 0.3 is 6.16 Å². The molecule has 4 heteroatoms. The highest BCUT2D eigenvalue weighted by Crippen LogP contribution is 2.09. The van der Waals surface area contributed by atoms with Gasteiger partial charge in [0.1, 0.15) is 11.4 Å². The monoisotopic (exact) mass is 238 g/mol. The molecule has 0 aliphatic carbocycles. The summed E-state index contributed by atoms with van der Waals surface area (Å²) in [6.07, 6.45) is 0.511. The fraction of sp³-hybridized carbons (Fsp3) is 0.308. The molecule has 1 aromatic rings. The van der Waals surface area contributed by atoms with E-state index in [0.717, 1.165) is 5.56 Å². The van der Waals surface area contributed by atoms with E-state index >= 15 is 0 Å². The Kier molecular flexibility index (Phi) is 5.82. The molecule has 0 bridgehead atoms. The minimum atomic E-state index is -1.22. The molecular weight excluding hydrogens is 220 g/mol. The largest absolute Gasteiger partial charge is 0.508 e. The van der Waals surface area contributed by atoms with Crippen molar-refractivity contribution in [2.45, 2.75) is 26.4 Å². The summed E-state index contributed by atoms with van der Waals surface area (Å²) in [6.45, 7) is 8.62. The second-order valence-corrected chi connectivity index (χ2v) is 4.28. The SMILES string of the molecule is C=Cc1ccc(O)cc1.CC(C)(C)OC(=O)O. The molecule has 0 fully saturated rings. The van der Waals surface area contributed by atoms with Gasteiger partial charge in [-0.3, -0.25) is 0 Å². The number of hydrogen-bond donors (Lipinski definition) is 2. The van der Waals surface area contributed by atoms with Crippen LogP contribution in [0.5, 0.6) is 5.75 Å². The fourth-order valence-electron chi connectivity index (χ4n) is 0.872. The number of ether oxygens (including phenoxy) is 1. The quantitative estimate of drug-likeness (QED) is 0.734. The summed E-state index contributed by atoms with van der Waals surface area (Å²) in [5, 5.41) is 16.8. The average molecular weight is 238 g/mol. The maximum Gasteiger partial charge on any atom is 0.506 e. The first-order chi connectivity index (χ1) is 7.74. The van der Waals surface area contributed by atoms with Gasteiger partial charge in [-0.25, -0.2) is 4.79 Å². The van der Waals surface area contributed by atoms with E-state index in [4.69, 9.17) is 10.2 Å². The standard InChI is InChI=1S/C8H8O.C5H10O3/c1-2-7-3-5-8(9)6-4-7;1-5(2,3)8-4(6)7/h2-6,9H,1H2;1-3H3,(H,6,7). The topological polar surface area (TPSA) is 66.8 Å². The van der Waals surface area contributed by atoms with E-state index < -0.39 is 11.8 Å². The molecule has 0 aromatic heterocycles. The van der Waals surface area contributed by atoms with Crippen LogP contribution in [-0.2, 0) is 4.74 Å². The number of hydrogen-bond acceptors (Lipinski definition) is 3. The van der Waals surface area contributed by atoms with Crippen LogP contribution in [0.3, 0.4) is 0 Å². The minimum Gasteiger partial charge on any atom is -0.508 e. The first-order valence-corrected chi connectivity index (χ1v) is 5.08. The molecular formula is C13H18O4. The molecule has 0 amide bonds. The van der Waals surface area contributed by atoms with Crippen molar-refractivity contribution in [2.75, 3.05) is 0 Å². The molecule has 0 aliphatic heterocycles. The van der Waals surface area contributed by atoms with Gasteiger partial charge in [0, 0.05) is 0 Å². The van der Waals surface area contributed by atoms with Crippen molar-refractivity contribution in [2.24, 2.45) is 0 Å². The molecule has 1 rings (SSSR count). The summed E-state index contributed by atoms with van der Waals surface area (Å²) >= 11 is 0. The molecule has 0 saturated carbocycles. The normalized spacial score (nSPS) is 9.82. The molecule has 4 nitrogen and oxygen atoms in total. The Bertz CT molecular complexity index is 360. The lowest BCUT2D eigenvalue weighted by atomic mass is 10.2. The van der Waals surface area contributed by atoms with Crippen LogP contribution < -0.4 is 0 Å². The molecule has 0 unspecified atom stereocenters. The van der Waals surface area contributed by atoms with E-state index in [1.54, 1.807) is 39.0 Å². The van der Waals surface area contributed by atoms with Crippen molar-refractivity contribution >= 4 is 12.2 Å². The lowest BCUT2D eigenvalue weighted by Gasteiger charge is -2.15. The Morgan fingerprint density at radius 2 is 1.76 bits per heavy atom. The number of phenols is 1. The Morgan fingerprint density at radius 3 is 2.00 bits per heavy atom. The predicted molar refractivity (Wildman–Crippen MR) is 67.1 cm³/mol. The molecule has 1 aromatic carbocycles. The molecule has 94 valence electrons. The smallest absolute Gasteiger partial charge is 0.506 e. The van der Waals surface area contributed by atoms with Crippen LogP contribution in [0.2, 0.25) is 0 Å². The van der Waals surface area contributed by atoms with Gasteiger partial charge in [-0.2, -0.15) is 0 Å². The third-order valence-corrected chi connectivity index (χ3v) is 1.52. The van der Waals surface area contributed by atoms with E-state index in [0.29, 0.717) is 5.75 Å². The third kappa shape index (κ3) is 8.99. The number of aromatic hydroxyl groups is 1. The fourth-order valence-corrected chi connectivity index (χ4v) is 0.872. The molecule has 0 radical (unpaired) electrons. The van der Waals surface area contributed by atoms with Gasteiger partial charge in [0.05, 0.1) is 0 Å². The average Bonchev–Trinajstić information content (AvgIpc) is 2.16. The molecule has 0 heterocycles. The van der Waals surface area contributed by atoms with Gasteiger partial charge in [-0.1, -0.05) is 24.8 Å². The van der Waals surface area contributed by atoms with Gasteiger partial charge < -0.3 is 14.9 Å². The summed E-state index contributed by atoms with van der Waals surface area (Å²) in [4.78, 5) is 9.79. The van der Waals surface area contributed by atoms with E-state index in [1.807, 2.05) is 12.1 Å². The molecule has 0 saturated heterocycles. The van der Waals surface area contributed by atoms with Crippen LogP contribution in [0.15, 0.2) is 30.8 Å². The predicted octanol–water partition coefficient (Wildman–Crippen LogP) is 3.51. The van der Waals surface area contributed by atoms with Gasteiger partial charge in [0.15, 0.2) is 0 Å². The van der Waals surface area contributed by atoms with Crippen molar-refractivity contribution in [1.82, 2.24) is 0 Å². The third-order valence-electron chi connectivity index (χ3n) is 1.52. The zero-order valence-corrected chi connectivity index (χ0v) is 10.3. The zero-order chi connectivity index (χ0) is 13.5. The van der Waals surface area contributed by atoms with Crippen LogP contribution in [0.25, 0.3) is 6.08 Å². The molecule has 0 atom stereocenters. The van der Waals surface area contributed by atoms with Crippen molar-refractivity contribution in [3.63, 3.8) is 0 Å². The van der Waals surface area contributed by atoms with Crippen LogP contribution >= 0.6 is 0 Å². The van der Waals surface area contributed by atoms with Gasteiger partial charge in [0.25, 0.3) is 0 Å². The highest BCUT2D eigenvalue weighted by atomic mass is 16.7. The Hall–Kier alpha value is -1.97. The highest BCUT2D eigenvalue weighted by Gasteiger charge is 2.13. The Labute approximate surface area is 101 Å². The van der Waals surface area contributed by atoms with Crippen LogP contribution in [0.4, 0.5) is 4.79 Å². The van der Waals surface area contributed by atoms with Crippen molar-refractivity contribution in [3.05, 3.63) is 36.4 Å². The van der Waals surface area contributed by atoms with Gasteiger partial charge in [-0.15, -0.1) is 0 Å². The van der Waals surface area contributed by atoms with Crippen molar-refractivity contribution < 1.29 is 19.7 Å². The Morgan fingerprint density at radius 1 is 1.29 bits per heavy atom. The summed E-state index contributed by atoms with van der Waals surface area (Å²) in [7, 11) is 0. The van der Waals surface area contributed by atoms with Gasteiger partial charge in [-0.05, 0) is 38.5 Å². The second-order valence-electron chi connectivity index (χ2n) is 4.28. The lowest BCUT2D eigenvalue weighted by molar-refractivity contribution is 0.0150. The van der Waals surface area contributed by atoms with Crippen LogP contribution in [0.1, 0.15) is 26.3 Å². The number of carboxylic acid groups (broad SMARTS) is 1. The van der Waals surface area contributed by atoms with E-state index in [9.17, 15) is 4.79 Å². The molecule has 2 N–H and O–H groups in total. The van der Waals surface area contributed by atoms with E-state index in [-0.39, 0.29) is 0 Å². The van der Waals surface area contributed by atoms with Crippen molar-refractivity contribution in [1.29, 1.82) is 0 Å². The van der Waals surface area contributed by atoms with E-state index in [1.165, 1.54) is 0 Å². The maximum atomic E-state index is 9.79. The van der Waals surface area contributed by atoms with E-state index in [2.05, 4.69) is 11.3 Å². The summed E-state index contributed by atoms with van der Waals surface area (Å²) in [5.74, 6) is 0.292. The van der Waals surface area contributed by atoms with Gasteiger partial charge in [0.2, 0.25) is 0 Å².